The van der Waals surface area contributed by atoms with Crippen molar-refractivity contribution in [1.82, 2.24) is 14.7 Å². The van der Waals surface area contributed by atoms with Crippen LogP contribution < -0.4 is 4.74 Å². The average Bonchev–Trinajstić information content (AvgIpc) is 2.68. The van der Waals surface area contributed by atoms with Crippen LogP contribution in [0.4, 0.5) is 0 Å². The Labute approximate surface area is 154 Å². The highest BCUT2D eigenvalue weighted by atomic mass is 16.5. The van der Waals surface area contributed by atoms with Gasteiger partial charge in [-0.3, -0.25) is 14.5 Å². The van der Waals surface area contributed by atoms with E-state index < -0.39 is 0 Å². The summed E-state index contributed by atoms with van der Waals surface area (Å²) in [6, 6.07) is 7.64. The quantitative estimate of drug-likeness (QED) is 0.768. The number of rotatable bonds is 5. The minimum atomic E-state index is -0.101. The molecule has 26 heavy (non-hydrogen) atoms. The van der Waals surface area contributed by atoms with Gasteiger partial charge in [0.25, 0.3) is 5.91 Å². The van der Waals surface area contributed by atoms with E-state index in [1.807, 2.05) is 38.2 Å². The molecule has 2 aliphatic rings. The summed E-state index contributed by atoms with van der Waals surface area (Å²) in [7, 11) is 1.85. The maximum Gasteiger partial charge on any atom is 0.260 e. The first kappa shape index (κ1) is 18.7. The SMILES string of the molecule is C[C@@H]1C(=O)N(C)CCN1Cc1ccc(OCC(=O)N2CCOCC2)cc1. The minimum absolute atomic E-state index is 0.0119. The second-order valence-electron chi connectivity index (χ2n) is 6.83. The van der Waals surface area contributed by atoms with Gasteiger partial charge in [-0.15, -0.1) is 0 Å². The Morgan fingerprint density at radius 1 is 1.15 bits per heavy atom. The topological polar surface area (TPSA) is 62.3 Å². The van der Waals surface area contributed by atoms with Crippen LogP contribution in [0.3, 0.4) is 0 Å². The number of carbonyl (C=O) groups excluding carboxylic acids is 2. The number of carbonyl (C=O) groups is 2. The molecule has 0 aliphatic carbocycles. The van der Waals surface area contributed by atoms with Crippen molar-refractivity contribution in [3.63, 3.8) is 0 Å². The van der Waals surface area contributed by atoms with E-state index in [2.05, 4.69) is 4.90 Å². The second-order valence-corrected chi connectivity index (χ2v) is 6.83. The van der Waals surface area contributed by atoms with E-state index in [1.54, 1.807) is 9.80 Å². The molecule has 0 spiro atoms. The molecule has 2 fully saturated rings. The fourth-order valence-electron chi connectivity index (χ4n) is 3.25. The monoisotopic (exact) mass is 361 g/mol. The molecule has 0 saturated carbocycles. The molecule has 1 atom stereocenters. The molecule has 2 amide bonds. The molecule has 2 saturated heterocycles. The molecule has 0 bridgehead atoms. The first-order valence-corrected chi connectivity index (χ1v) is 9.11. The third kappa shape index (κ3) is 4.53. The molecule has 0 aromatic heterocycles. The lowest BCUT2D eigenvalue weighted by molar-refractivity contribution is -0.139. The predicted molar refractivity (Wildman–Crippen MR) is 96.8 cm³/mol. The summed E-state index contributed by atoms with van der Waals surface area (Å²) in [5, 5.41) is 0. The van der Waals surface area contributed by atoms with Crippen molar-refractivity contribution >= 4 is 11.8 Å². The van der Waals surface area contributed by atoms with Gasteiger partial charge in [-0.05, 0) is 24.6 Å². The van der Waals surface area contributed by atoms with Crippen LogP contribution in [0, 0.1) is 0 Å². The summed E-state index contributed by atoms with van der Waals surface area (Å²) in [6.07, 6.45) is 0. The Morgan fingerprint density at radius 3 is 2.54 bits per heavy atom. The zero-order chi connectivity index (χ0) is 18.5. The Morgan fingerprint density at radius 2 is 1.85 bits per heavy atom. The summed E-state index contributed by atoms with van der Waals surface area (Å²) in [4.78, 5) is 29.9. The number of hydrogen-bond donors (Lipinski definition) is 0. The Balaban J connectivity index is 1.49. The average molecular weight is 361 g/mol. The first-order valence-electron chi connectivity index (χ1n) is 9.11. The zero-order valence-electron chi connectivity index (χ0n) is 15.5. The van der Waals surface area contributed by atoms with Gasteiger partial charge in [-0.25, -0.2) is 0 Å². The smallest absolute Gasteiger partial charge is 0.260 e. The summed E-state index contributed by atoms with van der Waals surface area (Å²) < 4.78 is 10.9. The maximum absolute atomic E-state index is 12.1. The summed E-state index contributed by atoms with van der Waals surface area (Å²) in [5.41, 5.74) is 1.13. The van der Waals surface area contributed by atoms with Crippen molar-refractivity contribution in [1.29, 1.82) is 0 Å². The Hall–Kier alpha value is -2.12. The van der Waals surface area contributed by atoms with Gasteiger partial charge in [0, 0.05) is 39.8 Å². The third-order valence-electron chi connectivity index (χ3n) is 5.04. The summed E-state index contributed by atoms with van der Waals surface area (Å²) in [5.74, 6) is 0.831. The molecule has 1 aromatic rings. The standard InChI is InChI=1S/C19H27N3O4/c1-15-19(24)20(2)7-8-22(15)13-16-3-5-17(6-4-16)26-14-18(23)21-9-11-25-12-10-21/h3-6,15H,7-14H2,1-2H3/t15-/m1/s1. The van der Waals surface area contributed by atoms with Crippen molar-refractivity contribution in [3.05, 3.63) is 29.8 Å². The molecular weight excluding hydrogens is 334 g/mol. The Bertz CT molecular complexity index is 628. The van der Waals surface area contributed by atoms with Gasteiger partial charge in [-0.1, -0.05) is 12.1 Å². The molecule has 0 unspecified atom stereocenters. The number of amides is 2. The van der Waals surface area contributed by atoms with Crippen molar-refractivity contribution in [2.45, 2.75) is 19.5 Å². The molecule has 2 aliphatic heterocycles. The van der Waals surface area contributed by atoms with E-state index in [1.165, 1.54) is 0 Å². The maximum atomic E-state index is 12.1. The van der Waals surface area contributed by atoms with Crippen molar-refractivity contribution < 1.29 is 19.1 Å². The first-order chi connectivity index (χ1) is 12.5. The number of nitrogens with zero attached hydrogens (tertiary/aromatic N) is 3. The summed E-state index contributed by atoms with van der Waals surface area (Å²) >= 11 is 0. The molecule has 0 N–H and O–H groups in total. The molecule has 7 heteroatoms. The van der Waals surface area contributed by atoms with Crippen molar-refractivity contribution in [2.24, 2.45) is 0 Å². The second kappa shape index (κ2) is 8.51. The normalized spacial score (nSPS) is 21.8. The number of hydrogen-bond acceptors (Lipinski definition) is 5. The van der Waals surface area contributed by atoms with Gasteiger partial charge in [0.2, 0.25) is 5.91 Å². The van der Waals surface area contributed by atoms with Crippen molar-refractivity contribution in [3.8, 4) is 5.75 Å². The lowest BCUT2D eigenvalue weighted by atomic mass is 10.1. The lowest BCUT2D eigenvalue weighted by Gasteiger charge is -2.37. The van der Waals surface area contributed by atoms with Crippen LogP contribution in [0.1, 0.15) is 12.5 Å². The van der Waals surface area contributed by atoms with Crippen LogP contribution >= 0.6 is 0 Å². The van der Waals surface area contributed by atoms with Gasteiger partial charge in [0.05, 0.1) is 19.3 Å². The predicted octanol–water partition coefficient (Wildman–Crippen LogP) is 0.587. The van der Waals surface area contributed by atoms with E-state index in [4.69, 9.17) is 9.47 Å². The van der Waals surface area contributed by atoms with E-state index in [0.717, 1.165) is 25.2 Å². The largest absolute Gasteiger partial charge is 0.484 e. The van der Waals surface area contributed by atoms with Crippen LogP contribution in [0.2, 0.25) is 0 Å². The zero-order valence-corrected chi connectivity index (χ0v) is 15.5. The highest BCUT2D eigenvalue weighted by molar-refractivity contribution is 5.82. The van der Waals surface area contributed by atoms with Crippen LogP contribution in [0.25, 0.3) is 0 Å². The number of benzene rings is 1. The van der Waals surface area contributed by atoms with Crippen LogP contribution in [-0.2, 0) is 20.9 Å². The molecule has 0 radical (unpaired) electrons. The van der Waals surface area contributed by atoms with Crippen LogP contribution in [0.15, 0.2) is 24.3 Å². The van der Waals surface area contributed by atoms with Crippen LogP contribution in [0.5, 0.6) is 5.75 Å². The number of piperazine rings is 1. The minimum Gasteiger partial charge on any atom is -0.484 e. The van der Waals surface area contributed by atoms with E-state index >= 15 is 0 Å². The fraction of sp³-hybridized carbons (Fsp3) is 0.579. The molecular formula is C19H27N3O4. The lowest BCUT2D eigenvalue weighted by Crippen LogP contribution is -2.53. The molecule has 7 nitrogen and oxygen atoms in total. The van der Waals surface area contributed by atoms with Gasteiger partial charge >= 0.3 is 0 Å². The highest BCUT2D eigenvalue weighted by Gasteiger charge is 2.29. The number of morpholine rings is 1. The van der Waals surface area contributed by atoms with E-state index in [9.17, 15) is 9.59 Å². The molecule has 3 rings (SSSR count). The highest BCUT2D eigenvalue weighted by Crippen LogP contribution is 2.17. The van der Waals surface area contributed by atoms with Gasteiger partial charge in [-0.2, -0.15) is 0 Å². The molecule has 2 heterocycles. The fourth-order valence-corrected chi connectivity index (χ4v) is 3.25. The van der Waals surface area contributed by atoms with Gasteiger partial charge in [0.1, 0.15) is 5.75 Å². The third-order valence-corrected chi connectivity index (χ3v) is 5.04. The van der Waals surface area contributed by atoms with Crippen LogP contribution in [-0.4, -0.2) is 85.6 Å². The summed E-state index contributed by atoms with van der Waals surface area (Å²) in [6.45, 7) is 6.79. The van der Waals surface area contributed by atoms with Crippen molar-refractivity contribution in [2.75, 3.05) is 53.0 Å². The Kier molecular flexibility index (Phi) is 6.11. The van der Waals surface area contributed by atoms with Gasteiger partial charge in [0.15, 0.2) is 6.61 Å². The molecule has 1 aromatic carbocycles. The number of ether oxygens (including phenoxy) is 2. The molecule has 142 valence electrons. The van der Waals surface area contributed by atoms with E-state index in [-0.39, 0.29) is 24.5 Å². The van der Waals surface area contributed by atoms with E-state index in [0.29, 0.717) is 32.1 Å². The number of likely N-dealkylation sites (N-methyl/N-ethyl adjacent to an activating group) is 1. The van der Waals surface area contributed by atoms with Gasteiger partial charge < -0.3 is 19.3 Å².